The maximum absolute atomic E-state index is 13.0. The standard InChI is InChI=1S/C14H11F2N3/c15-12-3-1-9(5-13(12)16)8-19-11-2-4-14(18)10(6-11)7-17/h1-6,19H,8,18H2. The van der Waals surface area contributed by atoms with E-state index in [9.17, 15) is 8.78 Å². The molecule has 19 heavy (non-hydrogen) atoms. The van der Waals surface area contributed by atoms with Crippen LogP contribution in [0, 0.1) is 23.0 Å². The average Bonchev–Trinajstić information content (AvgIpc) is 2.41. The number of halogens is 2. The van der Waals surface area contributed by atoms with E-state index in [1.807, 2.05) is 6.07 Å². The van der Waals surface area contributed by atoms with Gasteiger partial charge in [-0.15, -0.1) is 0 Å². The number of nitrogen functional groups attached to an aromatic ring is 1. The molecular formula is C14H11F2N3. The lowest BCUT2D eigenvalue weighted by Gasteiger charge is -2.08. The average molecular weight is 259 g/mol. The van der Waals surface area contributed by atoms with Crippen molar-refractivity contribution in [3.63, 3.8) is 0 Å². The molecule has 0 saturated carbocycles. The van der Waals surface area contributed by atoms with Gasteiger partial charge in [-0.3, -0.25) is 0 Å². The van der Waals surface area contributed by atoms with Gasteiger partial charge in [0.05, 0.1) is 5.56 Å². The first kappa shape index (κ1) is 12.8. The van der Waals surface area contributed by atoms with E-state index in [1.54, 1.807) is 18.2 Å². The van der Waals surface area contributed by atoms with Crippen molar-refractivity contribution in [2.45, 2.75) is 6.54 Å². The molecule has 2 rings (SSSR count). The molecule has 0 aliphatic heterocycles. The number of nitrogens with zero attached hydrogens (tertiary/aromatic N) is 1. The predicted octanol–water partition coefficient (Wildman–Crippen LogP) is 3.03. The Morgan fingerprint density at radius 1 is 1.11 bits per heavy atom. The van der Waals surface area contributed by atoms with E-state index in [0.717, 1.165) is 12.1 Å². The quantitative estimate of drug-likeness (QED) is 0.833. The van der Waals surface area contributed by atoms with Gasteiger partial charge in [0.15, 0.2) is 11.6 Å². The third kappa shape index (κ3) is 2.99. The van der Waals surface area contributed by atoms with Gasteiger partial charge in [0.2, 0.25) is 0 Å². The van der Waals surface area contributed by atoms with Crippen LogP contribution in [0.2, 0.25) is 0 Å². The Morgan fingerprint density at radius 2 is 1.89 bits per heavy atom. The highest BCUT2D eigenvalue weighted by molar-refractivity contribution is 5.61. The van der Waals surface area contributed by atoms with Crippen LogP contribution >= 0.6 is 0 Å². The molecule has 2 aromatic carbocycles. The summed E-state index contributed by atoms with van der Waals surface area (Å²) < 4.78 is 25.8. The summed E-state index contributed by atoms with van der Waals surface area (Å²) >= 11 is 0. The molecule has 2 aromatic rings. The Bertz CT molecular complexity index is 648. The van der Waals surface area contributed by atoms with Gasteiger partial charge < -0.3 is 11.1 Å². The summed E-state index contributed by atoms with van der Waals surface area (Å²) in [5, 5.41) is 11.9. The van der Waals surface area contributed by atoms with E-state index in [1.165, 1.54) is 6.07 Å². The van der Waals surface area contributed by atoms with Gasteiger partial charge in [-0.25, -0.2) is 8.78 Å². The molecule has 96 valence electrons. The lowest BCUT2D eigenvalue weighted by atomic mass is 10.1. The van der Waals surface area contributed by atoms with Crippen LogP contribution in [0.4, 0.5) is 20.2 Å². The molecule has 0 aliphatic carbocycles. The fourth-order valence-corrected chi connectivity index (χ4v) is 1.62. The first-order chi connectivity index (χ1) is 9.10. The largest absolute Gasteiger partial charge is 0.398 e. The molecule has 0 atom stereocenters. The summed E-state index contributed by atoms with van der Waals surface area (Å²) in [6, 6.07) is 10.6. The summed E-state index contributed by atoms with van der Waals surface area (Å²) in [5.41, 5.74) is 7.67. The maximum Gasteiger partial charge on any atom is 0.159 e. The normalized spacial score (nSPS) is 9.95. The molecule has 0 saturated heterocycles. The van der Waals surface area contributed by atoms with Crippen molar-refractivity contribution >= 4 is 11.4 Å². The minimum atomic E-state index is -0.880. The monoisotopic (exact) mass is 259 g/mol. The first-order valence-electron chi connectivity index (χ1n) is 5.57. The fraction of sp³-hybridized carbons (Fsp3) is 0.0714. The van der Waals surface area contributed by atoms with Crippen LogP contribution in [0.1, 0.15) is 11.1 Å². The molecule has 0 amide bonds. The highest BCUT2D eigenvalue weighted by Crippen LogP contribution is 2.18. The SMILES string of the molecule is N#Cc1cc(NCc2ccc(F)c(F)c2)ccc1N. The van der Waals surface area contributed by atoms with E-state index in [4.69, 9.17) is 11.0 Å². The molecule has 5 heteroatoms. The van der Waals surface area contributed by atoms with Crippen molar-refractivity contribution < 1.29 is 8.78 Å². The zero-order valence-corrected chi connectivity index (χ0v) is 9.95. The van der Waals surface area contributed by atoms with Crippen LogP contribution in [0.15, 0.2) is 36.4 Å². The van der Waals surface area contributed by atoms with Crippen LogP contribution < -0.4 is 11.1 Å². The molecule has 0 aliphatic rings. The molecule has 0 fully saturated rings. The number of nitriles is 1. The Hall–Kier alpha value is -2.61. The van der Waals surface area contributed by atoms with Gasteiger partial charge in [-0.05, 0) is 35.9 Å². The first-order valence-corrected chi connectivity index (χ1v) is 5.57. The zero-order chi connectivity index (χ0) is 13.8. The van der Waals surface area contributed by atoms with Crippen molar-refractivity contribution in [1.82, 2.24) is 0 Å². The second kappa shape index (κ2) is 5.36. The van der Waals surface area contributed by atoms with E-state index in [-0.39, 0.29) is 0 Å². The second-order valence-electron chi connectivity index (χ2n) is 4.02. The van der Waals surface area contributed by atoms with Gasteiger partial charge in [0, 0.05) is 17.9 Å². The molecule has 3 nitrogen and oxygen atoms in total. The van der Waals surface area contributed by atoms with E-state index in [2.05, 4.69) is 5.32 Å². The predicted molar refractivity (Wildman–Crippen MR) is 69.3 cm³/mol. The van der Waals surface area contributed by atoms with Gasteiger partial charge in [-0.2, -0.15) is 5.26 Å². The van der Waals surface area contributed by atoms with Crippen LogP contribution in [0.5, 0.6) is 0 Å². The van der Waals surface area contributed by atoms with Crippen LogP contribution in [0.25, 0.3) is 0 Å². The molecular weight excluding hydrogens is 248 g/mol. The molecule has 0 spiro atoms. The lowest BCUT2D eigenvalue weighted by molar-refractivity contribution is 0.507. The Kier molecular flexibility index (Phi) is 3.62. The summed E-state index contributed by atoms with van der Waals surface area (Å²) in [6.45, 7) is 0.325. The van der Waals surface area contributed by atoms with Crippen LogP contribution in [-0.4, -0.2) is 0 Å². The number of nitrogens with two attached hydrogens (primary N) is 1. The zero-order valence-electron chi connectivity index (χ0n) is 9.95. The highest BCUT2D eigenvalue weighted by atomic mass is 19.2. The smallest absolute Gasteiger partial charge is 0.159 e. The van der Waals surface area contributed by atoms with Crippen molar-refractivity contribution in [3.05, 3.63) is 59.2 Å². The summed E-state index contributed by atoms with van der Waals surface area (Å²) in [5.74, 6) is -1.75. The van der Waals surface area contributed by atoms with Gasteiger partial charge >= 0.3 is 0 Å². The molecule has 0 bridgehead atoms. The van der Waals surface area contributed by atoms with E-state index < -0.39 is 11.6 Å². The van der Waals surface area contributed by atoms with E-state index >= 15 is 0 Å². The summed E-state index contributed by atoms with van der Waals surface area (Å²) in [6.07, 6.45) is 0. The minimum Gasteiger partial charge on any atom is -0.398 e. The van der Waals surface area contributed by atoms with Crippen molar-refractivity contribution in [3.8, 4) is 6.07 Å². The molecule has 0 aromatic heterocycles. The summed E-state index contributed by atoms with van der Waals surface area (Å²) in [4.78, 5) is 0. The van der Waals surface area contributed by atoms with Crippen molar-refractivity contribution in [2.24, 2.45) is 0 Å². The van der Waals surface area contributed by atoms with Crippen LogP contribution in [-0.2, 0) is 6.54 Å². The fourth-order valence-electron chi connectivity index (χ4n) is 1.62. The number of rotatable bonds is 3. The number of hydrogen-bond acceptors (Lipinski definition) is 3. The molecule has 3 N–H and O–H groups in total. The summed E-state index contributed by atoms with van der Waals surface area (Å²) in [7, 11) is 0. The third-order valence-corrected chi connectivity index (χ3v) is 2.65. The Morgan fingerprint density at radius 3 is 2.58 bits per heavy atom. The topological polar surface area (TPSA) is 61.8 Å². The lowest BCUT2D eigenvalue weighted by Crippen LogP contribution is -2.01. The number of anilines is 2. The van der Waals surface area contributed by atoms with Gasteiger partial charge in [-0.1, -0.05) is 6.07 Å². The van der Waals surface area contributed by atoms with Crippen molar-refractivity contribution in [2.75, 3.05) is 11.1 Å². The second-order valence-corrected chi connectivity index (χ2v) is 4.02. The highest BCUT2D eigenvalue weighted by Gasteiger charge is 2.03. The van der Waals surface area contributed by atoms with Gasteiger partial charge in [0.25, 0.3) is 0 Å². The van der Waals surface area contributed by atoms with Crippen LogP contribution in [0.3, 0.4) is 0 Å². The van der Waals surface area contributed by atoms with Gasteiger partial charge in [0.1, 0.15) is 6.07 Å². The maximum atomic E-state index is 13.0. The number of benzene rings is 2. The Labute approximate surface area is 109 Å². The molecule has 0 unspecified atom stereocenters. The third-order valence-electron chi connectivity index (χ3n) is 2.65. The Balaban J connectivity index is 2.10. The van der Waals surface area contributed by atoms with Crippen molar-refractivity contribution in [1.29, 1.82) is 5.26 Å². The number of nitrogens with one attached hydrogen (secondary N) is 1. The minimum absolute atomic E-state index is 0.325. The molecule has 0 heterocycles. The van der Waals surface area contributed by atoms with E-state index in [0.29, 0.717) is 29.0 Å². The number of hydrogen-bond donors (Lipinski definition) is 2. The molecule has 0 radical (unpaired) electrons.